The third kappa shape index (κ3) is 4.45. The molecule has 2 aliphatic rings. The van der Waals surface area contributed by atoms with E-state index in [2.05, 4.69) is 10.6 Å². The fourth-order valence-corrected chi connectivity index (χ4v) is 1.84. The average Bonchev–Trinajstić information content (AvgIpc) is 2.48. The van der Waals surface area contributed by atoms with Crippen LogP contribution in [0.1, 0.15) is 6.92 Å². The number of nitrogens with one attached hydrogen (secondary N) is 2. The van der Waals surface area contributed by atoms with E-state index >= 15 is 0 Å². The molecular formula is C17H18N2O2. The molecule has 2 rings (SSSR count). The number of carbonyl (C=O) groups is 2. The van der Waals surface area contributed by atoms with Crippen LogP contribution in [0.4, 0.5) is 0 Å². The van der Waals surface area contributed by atoms with Crippen LogP contribution in [0.15, 0.2) is 72.2 Å². The summed E-state index contributed by atoms with van der Waals surface area (Å²) in [5.41, 5.74) is 1.27. The molecule has 0 aromatic heterocycles. The monoisotopic (exact) mass is 282 g/mol. The molecule has 0 aliphatic heterocycles. The highest BCUT2D eigenvalue weighted by Gasteiger charge is 2.07. The van der Waals surface area contributed by atoms with Gasteiger partial charge < -0.3 is 10.6 Å². The molecule has 0 amide bonds. The lowest BCUT2D eigenvalue weighted by Crippen LogP contribution is -2.32. The Labute approximate surface area is 124 Å². The van der Waals surface area contributed by atoms with Crippen LogP contribution in [-0.2, 0) is 9.59 Å². The summed E-state index contributed by atoms with van der Waals surface area (Å²) < 4.78 is 0. The van der Waals surface area contributed by atoms with Gasteiger partial charge in [0.15, 0.2) is 11.6 Å². The first kappa shape index (κ1) is 14.8. The lowest BCUT2D eigenvalue weighted by Gasteiger charge is -2.13. The predicted octanol–water partition coefficient (Wildman–Crippen LogP) is 1.71. The third-order valence-corrected chi connectivity index (χ3v) is 3.04. The Morgan fingerprint density at radius 3 is 2.00 bits per heavy atom. The van der Waals surface area contributed by atoms with Crippen LogP contribution in [0.2, 0.25) is 0 Å². The normalized spacial score (nSPS) is 22.1. The zero-order chi connectivity index (χ0) is 15.1. The zero-order valence-electron chi connectivity index (χ0n) is 11.9. The van der Waals surface area contributed by atoms with Gasteiger partial charge in [-0.15, -0.1) is 0 Å². The Hall–Kier alpha value is -2.62. The SMILES string of the molecule is CC(CN/C=C1/C=CC=CC1=O)N/C=C1/C=CC=CC1=O. The molecule has 4 nitrogen and oxygen atoms in total. The van der Waals surface area contributed by atoms with Crippen molar-refractivity contribution in [3.63, 3.8) is 0 Å². The molecule has 21 heavy (non-hydrogen) atoms. The van der Waals surface area contributed by atoms with Crippen LogP contribution in [0.3, 0.4) is 0 Å². The van der Waals surface area contributed by atoms with Gasteiger partial charge in [-0.2, -0.15) is 0 Å². The second-order valence-corrected chi connectivity index (χ2v) is 4.84. The van der Waals surface area contributed by atoms with E-state index in [-0.39, 0.29) is 17.6 Å². The highest BCUT2D eigenvalue weighted by atomic mass is 16.1. The molecule has 2 N–H and O–H groups in total. The maximum absolute atomic E-state index is 11.5. The van der Waals surface area contributed by atoms with Crippen molar-refractivity contribution >= 4 is 11.6 Å². The molecule has 1 atom stereocenters. The highest BCUT2D eigenvalue weighted by Crippen LogP contribution is 2.06. The van der Waals surface area contributed by atoms with E-state index in [1.165, 1.54) is 12.2 Å². The Balaban J connectivity index is 1.79. The van der Waals surface area contributed by atoms with Crippen LogP contribution in [0.25, 0.3) is 0 Å². The van der Waals surface area contributed by atoms with Crippen molar-refractivity contribution in [2.45, 2.75) is 13.0 Å². The maximum Gasteiger partial charge on any atom is 0.187 e. The standard InChI is InChI=1S/C17H18N2O2/c1-13(19-12-15-7-3-5-9-17(15)21)10-18-11-14-6-2-4-8-16(14)20/h2-9,11-13,18-19H,10H2,1H3/b14-11-,15-12-. The minimum atomic E-state index is -0.00277. The molecule has 1 unspecified atom stereocenters. The van der Waals surface area contributed by atoms with Gasteiger partial charge in [0.25, 0.3) is 0 Å². The van der Waals surface area contributed by atoms with Gasteiger partial charge in [0.2, 0.25) is 0 Å². The van der Waals surface area contributed by atoms with E-state index in [1.807, 2.05) is 19.1 Å². The molecule has 2 aliphatic carbocycles. The van der Waals surface area contributed by atoms with Gasteiger partial charge in [-0.05, 0) is 31.2 Å². The summed E-state index contributed by atoms with van der Waals surface area (Å²) in [4.78, 5) is 23.1. The summed E-state index contributed by atoms with van der Waals surface area (Å²) in [6.07, 6.45) is 17.1. The van der Waals surface area contributed by atoms with Crippen molar-refractivity contribution in [3.05, 3.63) is 72.2 Å². The number of allylic oxidation sites excluding steroid dienone is 10. The highest BCUT2D eigenvalue weighted by molar-refractivity contribution is 6.07. The van der Waals surface area contributed by atoms with E-state index < -0.39 is 0 Å². The number of rotatable bonds is 5. The van der Waals surface area contributed by atoms with Crippen LogP contribution >= 0.6 is 0 Å². The number of carbonyl (C=O) groups excluding carboxylic acids is 2. The van der Waals surface area contributed by atoms with Gasteiger partial charge in [-0.3, -0.25) is 9.59 Å². The van der Waals surface area contributed by atoms with Crippen LogP contribution in [0.5, 0.6) is 0 Å². The summed E-state index contributed by atoms with van der Waals surface area (Å²) in [5, 5.41) is 6.26. The van der Waals surface area contributed by atoms with Crippen LogP contribution in [-0.4, -0.2) is 24.2 Å². The topological polar surface area (TPSA) is 58.2 Å². The second kappa shape index (κ2) is 7.24. The Morgan fingerprint density at radius 2 is 1.43 bits per heavy atom. The van der Waals surface area contributed by atoms with E-state index in [1.54, 1.807) is 36.7 Å². The van der Waals surface area contributed by atoms with E-state index in [9.17, 15) is 9.59 Å². The first-order valence-electron chi connectivity index (χ1n) is 6.85. The molecule has 0 bridgehead atoms. The first-order valence-corrected chi connectivity index (χ1v) is 6.85. The van der Waals surface area contributed by atoms with E-state index in [4.69, 9.17) is 0 Å². The first-order chi connectivity index (χ1) is 10.2. The minimum Gasteiger partial charge on any atom is -0.388 e. The van der Waals surface area contributed by atoms with Gasteiger partial charge in [-0.1, -0.05) is 24.3 Å². The summed E-state index contributed by atoms with van der Waals surface area (Å²) in [6.45, 7) is 2.64. The minimum absolute atomic E-state index is 0.00235. The molecule has 108 valence electrons. The van der Waals surface area contributed by atoms with Crippen LogP contribution in [0, 0.1) is 0 Å². The number of hydrogen-bond acceptors (Lipinski definition) is 4. The smallest absolute Gasteiger partial charge is 0.187 e. The zero-order valence-corrected chi connectivity index (χ0v) is 11.9. The quantitative estimate of drug-likeness (QED) is 0.754. The molecule has 0 saturated heterocycles. The largest absolute Gasteiger partial charge is 0.388 e. The molecule has 0 heterocycles. The second-order valence-electron chi connectivity index (χ2n) is 4.84. The summed E-state index contributed by atoms with van der Waals surface area (Å²) in [5.74, 6) is -0.00513. The number of hydrogen-bond donors (Lipinski definition) is 2. The summed E-state index contributed by atoms with van der Waals surface area (Å²) in [6, 6.07) is 0.125. The van der Waals surface area contributed by atoms with Crippen molar-refractivity contribution in [3.8, 4) is 0 Å². The van der Waals surface area contributed by atoms with Gasteiger partial charge >= 0.3 is 0 Å². The molecule has 4 heteroatoms. The number of ketones is 2. The predicted molar refractivity (Wildman–Crippen MR) is 83.3 cm³/mol. The Morgan fingerprint density at radius 1 is 0.905 bits per heavy atom. The third-order valence-electron chi connectivity index (χ3n) is 3.04. The lowest BCUT2D eigenvalue weighted by atomic mass is 10.1. The molecule has 0 spiro atoms. The van der Waals surface area contributed by atoms with Gasteiger partial charge in [0.1, 0.15) is 0 Å². The fourth-order valence-electron chi connectivity index (χ4n) is 1.84. The van der Waals surface area contributed by atoms with E-state index in [0.717, 1.165) is 0 Å². The van der Waals surface area contributed by atoms with Gasteiger partial charge in [0.05, 0.1) is 0 Å². The van der Waals surface area contributed by atoms with Crippen molar-refractivity contribution in [2.75, 3.05) is 6.54 Å². The molecule has 0 radical (unpaired) electrons. The Kier molecular flexibility index (Phi) is 5.10. The van der Waals surface area contributed by atoms with Gasteiger partial charge in [0, 0.05) is 36.1 Å². The summed E-state index contributed by atoms with van der Waals surface area (Å²) in [7, 11) is 0. The molecule has 0 saturated carbocycles. The van der Waals surface area contributed by atoms with Gasteiger partial charge in [-0.25, -0.2) is 0 Å². The van der Waals surface area contributed by atoms with Crippen molar-refractivity contribution in [2.24, 2.45) is 0 Å². The molecular weight excluding hydrogens is 264 g/mol. The van der Waals surface area contributed by atoms with E-state index in [0.29, 0.717) is 17.7 Å². The molecule has 0 aromatic rings. The van der Waals surface area contributed by atoms with Crippen molar-refractivity contribution in [1.82, 2.24) is 10.6 Å². The Bertz CT molecular complexity index is 604. The molecule has 0 aromatic carbocycles. The van der Waals surface area contributed by atoms with Crippen LogP contribution < -0.4 is 10.6 Å². The maximum atomic E-state index is 11.5. The molecule has 0 fully saturated rings. The van der Waals surface area contributed by atoms with Crippen molar-refractivity contribution in [1.29, 1.82) is 0 Å². The van der Waals surface area contributed by atoms with Crippen molar-refractivity contribution < 1.29 is 9.59 Å². The summed E-state index contributed by atoms with van der Waals surface area (Å²) >= 11 is 0. The lowest BCUT2D eigenvalue weighted by molar-refractivity contribution is -0.111. The average molecular weight is 282 g/mol. The fraction of sp³-hybridized carbons (Fsp3) is 0.176.